The molecule has 0 unspecified atom stereocenters. The van der Waals surface area contributed by atoms with Crippen molar-refractivity contribution in [3.63, 3.8) is 0 Å². The molecule has 0 amide bonds. The minimum absolute atomic E-state index is 0.345. The molecule has 0 aromatic carbocycles. The van der Waals surface area contributed by atoms with Crippen molar-refractivity contribution in [3.8, 4) is 0 Å². The van der Waals surface area contributed by atoms with Gasteiger partial charge in [0, 0.05) is 6.54 Å². The molecule has 0 bridgehead atoms. The Labute approximate surface area is 91.9 Å². The molecule has 0 aliphatic carbocycles. The van der Waals surface area contributed by atoms with Crippen molar-refractivity contribution in [1.82, 2.24) is 4.90 Å². The van der Waals surface area contributed by atoms with Gasteiger partial charge in [0.25, 0.3) is 0 Å². The van der Waals surface area contributed by atoms with Crippen LogP contribution in [-0.2, 0) is 10.2 Å². The summed E-state index contributed by atoms with van der Waals surface area (Å²) in [7, 11) is -4.29. The van der Waals surface area contributed by atoms with Crippen LogP contribution in [0.5, 0.6) is 0 Å². The first-order valence-corrected chi connectivity index (χ1v) is 7.21. The van der Waals surface area contributed by atoms with E-state index in [2.05, 4.69) is 6.92 Å². The van der Waals surface area contributed by atoms with Gasteiger partial charge in [-0.15, -0.1) is 3.89 Å². The first-order chi connectivity index (χ1) is 7.01. The largest absolute Gasteiger partial charge is 0.303 e. The zero-order valence-electron chi connectivity index (χ0n) is 9.28. The van der Waals surface area contributed by atoms with Crippen LogP contribution in [-0.4, -0.2) is 38.7 Å². The summed E-state index contributed by atoms with van der Waals surface area (Å²) < 4.78 is 33.0. The van der Waals surface area contributed by atoms with E-state index in [-0.39, 0.29) is 5.75 Å². The van der Waals surface area contributed by atoms with Crippen LogP contribution in [0.3, 0.4) is 0 Å². The fraction of sp³-hybridized carbons (Fsp3) is 1.00. The summed E-state index contributed by atoms with van der Waals surface area (Å²) in [6.07, 6.45) is 4.72. The summed E-state index contributed by atoms with van der Waals surface area (Å²) in [5, 5.41) is 0. The molecule has 3 nitrogen and oxygen atoms in total. The monoisotopic (exact) mass is 237 g/mol. The Morgan fingerprint density at radius 3 is 2.40 bits per heavy atom. The Bertz CT molecular complexity index is 271. The number of nitrogens with zero attached hydrogens (tertiary/aromatic N) is 1. The van der Waals surface area contributed by atoms with Crippen LogP contribution in [0.1, 0.15) is 32.6 Å². The zero-order valence-corrected chi connectivity index (χ0v) is 10.1. The van der Waals surface area contributed by atoms with Crippen LogP contribution in [0.4, 0.5) is 3.89 Å². The summed E-state index contributed by atoms with van der Waals surface area (Å²) >= 11 is 0. The molecule has 0 aromatic rings. The molecule has 90 valence electrons. The lowest BCUT2D eigenvalue weighted by atomic mass is 9.93. The van der Waals surface area contributed by atoms with E-state index in [9.17, 15) is 12.3 Å². The first-order valence-electron chi connectivity index (χ1n) is 5.66. The van der Waals surface area contributed by atoms with Gasteiger partial charge in [0.1, 0.15) is 0 Å². The molecular formula is C10H20FNO2S. The van der Waals surface area contributed by atoms with Crippen LogP contribution in [0.2, 0.25) is 0 Å². The van der Waals surface area contributed by atoms with Crippen LogP contribution in [0.15, 0.2) is 0 Å². The fourth-order valence-electron chi connectivity index (χ4n) is 2.15. The van der Waals surface area contributed by atoms with Crippen molar-refractivity contribution in [2.75, 3.05) is 25.4 Å². The minimum atomic E-state index is -4.29. The van der Waals surface area contributed by atoms with Crippen molar-refractivity contribution in [1.29, 1.82) is 0 Å². The number of hydrogen-bond acceptors (Lipinski definition) is 3. The molecule has 0 saturated carbocycles. The molecule has 1 aliphatic heterocycles. The van der Waals surface area contributed by atoms with Crippen LogP contribution in [0.25, 0.3) is 0 Å². The van der Waals surface area contributed by atoms with Gasteiger partial charge in [-0.1, -0.05) is 19.8 Å². The predicted octanol–water partition coefficient (Wildman–Crippen LogP) is 1.80. The highest BCUT2D eigenvalue weighted by Crippen LogP contribution is 2.21. The summed E-state index contributed by atoms with van der Waals surface area (Å²) in [4.78, 5) is 2.04. The van der Waals surface area contributed by atoms with Gasteiger partial charge >= 0.3 is 10.2 Å². The highest BCUT2D eigenvalue weighted by molar-refractivity contribution is 7.86. The highest BCUT2D eigenvalue weighted by atomic mass is 32.3. The van der Waals surface area contributed by atoms with Gasteiger partial charge in [0.15, 0.2) is 0 Å². The zero-order chi connectivity index (χ0) is 11.3. The van der Waals surface area contributed by atoms with Gasteiger partial charge in [-0.3, -0.25) is 0 Å². The standard InChI is InChI=1S/C10H20FNO2S/c1-2-3-10-4-6-12(7-5-10)8-9-15(11,13)14/h10H,2-9H2,1H3. The topological polar surface area (TPSA) is 37.4 Å². The third kappa shape index (κ3) is 5.47. The van der Waals surface area contributed by atoms with E-state index in [1.165, 1.54) is 12.8 Å². The van der Waals surface area contributed by atoms with Crippen molar-refractivity contribution >= 4 is 10.2 Å². The van der Waals surface area contributed by atoms with Crippen molar-refractivity contribution in [2.45, 2.75) is 32.6 Å². The quantitative estimate of drug-likeness (QED) is 0.684. The average Bonchev–Trinajstić information content (AvgIpc) is 2.16. The van der Waals surface area contributed by atoms with Gasteiger partial charge in [-0.2, -0.15) is 8.42 Å². The first kappa shape index (κ1) is 12.9. The van der Waals surface area contributed by atoms with Gasteiger partial charge < -0.3 is 4.90 Å². The van der Waals surface area contributed by atoms with Gasteiger partial charge in [0.2, 0.25) is 0 Å². The van der Waals surface area contributed by atoms with Crippen LogP contribution >= 0.6 is 0 Å². The maximum atomic E-state index is 12.3. The molecule has 1 heterocycles. The molecule has 0 aromatic heterocycles. The Morgan fingerprint density at radius 2 is 1.93 bits per heavy atom. The second-order valence-corrected chi connectivity index (χ2v) is 5.80. The average molecular weight is 237 g/mol. The number of halogens is 1. The molecule has 1 aliphatic rings. The number of likely N-dealkylation sites (tertiary alicyclic amines) is 1. The number of piperidine rings is 1. The van der Waals surface area contributed by atoms with E-state index in [0.717, 1.165) is 31.8 Å². The summed E-state index contributed by atoms with van der Waals surface area (Å²) in [5.74, 6) is 0.430. The van der Waals surface area contributed by atoms with Crippen molar-refractivity contribution < 1.29 is 12.3 Å². The van der Waals surface area contributed by atoms with Gasteiger partial charge in [-0.25, -0.2) is 0 Å². The molecule has 1 rings (SSSR count). The third-order valence-corrected chi connectivity index (χ3v) is 3.73. The molecule has 0 N–H and O–H groups in total. The van der Waals surface area contributed by atoms with Crippen molar-refractivity contribution in [2.24, 2.45) is 5.92 Å². The number of hydrogen-bond donors (Lipinski definition) is 0. The molecule has 15 heavy (non-hydrogen) atoms. The molecule has 0 radical (unpaired) electrons. The maximum Gasteiger partial charge on any atom is 0.303 e. The summed E-state index contributed by atoms with van der Waals surface area (Å²) in [6, 6.07) is 0. The molecule has 0 atom stereocenters. The van der Waals surface area contributed by atoms with Gasteiger partial charge in [-0.05, 0) is 31.8 Å². The third-order valence-electron chi connectivity index (χ3n) is 3.06. The Balaban J connectivity index is 2.20. The van der Waals surface area contributed by atoms with Crippen LogP contribution < -0.4 is 0 Å². The van der Waals surface area contributed by atoms with E-state index in [4.69, 9.17) is 0 Å². The normalized spacial score (nSPS) is 20.7. The van der Waals surface area contributed by atoms with E-state index >= 15 is 0 Å². The lowest BCUT2D eigenvalue weighted by molar-refractivity contribution is 0.186. The minimum Gasteiger partial charge on any atom is -0.302 e. The van der Waals surface area contributed by atoms with E-state index in [1.54, 1.807) is 0 Å². The second kappa shape index (κ2) is 5.80. The summed E-state index contributed by atoms with van der Waals surface area (Å²) in [5.41, 5.74) is 0. The molecular weight excluding hydrogens is 217 g/mol. The number of rotatable bonds is 5. The van der Waals surface area contributed by atoms with E-state index in [0.29, 0.717) is 6.54 Å². The lowest BCUT2D eigenvalue weighted by Gasteiger charge is -2.31. The Morgan fingerprint density at radius 1 is 1.33 bits per heavy atom. The lowest BCUT2D eigenvalue weighted by Crippen LogP contribution is -2.36. The Kier molecular flexibility index (Phi) is 4.99. The summed E-state index contributed by atoms with van der Waals surface area (Å²) in [6.45, 7) is 4.36. The predicted molar refractivity (Wildman–Crippen MR) is 59.0 cm³/mol. The smallest absolute Gasteiger partial charge is 0.302 e. The molecule has 5 heteroatoms. The van der Waals surface area contributed by atoms with Gasteiger partial charge in [0.05, 0.1) is 5.75 Å². The molecule has 1 fully saturated rings. The van der Waals surface area contributed by atoms with Crippen molar-refractivity contribution in [3.05, 3.63) is 0 Å². The van der Waals surface area contributed by atoms with E-state index < -0.39 is 10.2 Å². The molecule has 1 saturated heterocycles. The Hall–Kier alpha value is -0.160. The maximum absolute atomic E-state index is 12.3. The highest BCUT2D eigenvalue weighted by Gasteiger charge is 2.19. The fourth-order valence-corrected chi connectivity index (χ4v) is 2.62. The van der Waals surface area contributed by atoms with E-state index in [1.807, 2.05) is 4.90 Å². The SMILES string of the molecule is CCCC1CCN(CCS(=O)(=O)F)CC1. The van der Waals surface area contributed by atoms with Crippen LogP contribution in [0, 0.1) is 5.92 Å². The molecule has 0 spiro atoms. The second-order valence-electron chi connectivity index (χ2n) is 4.32.